The van der Waals surface area contributed by atoms with E-state index in [2.05, 4.69) is 4.72 Å². The molecule has 1 aromatic rings. The van der Waals surface area contributed by atoms with Crippen LogP contribution in [0.3, 0.4) is 0 Å². The molecule has 1 aromatic heterocycles. The van der Waals surface area contributed by atoms with E-state index in [9.17, 15) is 8.42 Å². The smallest absolute Gasteiger partial charge is 0.241 e. The summed E-state index contributed by atoms with van der Waals surface area (Å²) in [4.78, 5) is 1.28. The number of hydrogen-bond donors (Lipinski definition) is 2. The first-order valence-electron chi connectivity index (χ1n) is 6.40. The number of nitrogens with one attached hydrogen (secondary N) is 1. The summed E-state index contributed by atoms with van der Waals surface area (Å²) in [6.07, 6.45) is 4.67. The van der Waals surface area contributed by atoms with Crippen molar-refractivity contribution in [2.45, 2.75) is 43.2 Å². The molecule has 2 aliphatic rings. The Morgan fingerprint density at radius 2 is 1.94 bits per heavy atom. The van der Waals surface area contributed by atoms with Crippen LogP contribution >= 0.6 is 11.3 Å². The van der Waals surface area contributed by atoms with Gasteiger partial charge in [0.25, 0.3) is 0 Å². The highest BCUT2D eigenvalue weighted by molar-refractivity contribution is 7.89. The van der Waals surface area contributed by atoms with E-state index < -0.39 is 10.0 Å². The lowest BCUT2D eigenvalue weighted by Gasteiger charge is -2.17. The van der Waals surface area contributed by atoms with Crippen LogP contribution in [0, 0.1) is 11.8 Å². The quantitative estimate of drug-likeness (QED) is 0.835. The molecule has 2 aliphatic carbocycles. The van der Waals surface area contributed by atoms with Gasteiger partial charge in [-0.2, -0.15) is 0 Å². The van der Waals surface area contributed by atoms with Gasteiger partial charge < -0.3 is 5.73 Å². The number of hydrogen-bond acceptors (Lipinski definition) is 4. The van der Waals surface area contributed by atoms with Crippen LogP contribution in [-0.4, -0.2) is 14.5 Å². The molecule has 2 saturated carbocycles. The summed E-state index contributed by atoms with van der Waals surface area (Å²) < 4.78 is 27.5. The SMILES string of the molecule is NCc1cc(S(=O)(=O)NC(C2CC2)C2CC2)cs1. The molecule has 0 saturated heterocycles. The number of nitrogens with two attached hydrogens (primary N) is 1. The van der Waals surface area contributed by atoms with E-state index in [0.717, 1.165) is 4.88 Å². The Labute approximate surface area is 112 Å². The van der Waals surface area contributed by atoms with Crippen LogP contribution in [0.1, 0.15) is 30.6 Å². The average molecular weight is 286 g/mol. The first-order chi connectivity index (χ1) is 8.60. The zero-order chi connectivity index (χ0) is 12.8. The van der Waals surface area contributed by atoms with Crippen molar-refractivity contribution < 1.29 is 8.42 Å². The van der Waals surface area contributed by atoms with Gasteiger partial charge in [0.05, 0.1) is 4.90 Å². The lowest BCUT2D eigenvalue weighted by atomic mass is 10.1. The molecule has 0 unspecified atom stereocenters. The van der Waals surface area contributed by atoms with Crippen molar-refractivity contribution >= 4 is 21.4 Å². The van der Waals surface area contributed by atoms with E-state index >= 15 is 0 Å². The highest BCUT2D eigenvalue weighted by Crippen LogP contribution is 2.45. The molecular formula is C12H18N2O2S2. The van der Waals surface area contributed by atoms with E-state index in [1.54, 1.807) is 11.4 Å². The van der Waals surface area contributed by atoms with Crippen molar-refractivity contribution in [1.29, 1.82) is 0 Å². The Balaban J connectivity index is 1.76. The van der Waals surface area contributed by atoms with E-state index in [4.69, 9.17) is 5.73 Å². The molecule has 0 atom stereocenters. The minimum absolute atomic E-state index is 0.163. The van der Waals surface area contributed by atoms with E-state index in [-0.39, 0.29) is 6.04 Å². The fourth-order valence-corrected chi connectivity index (χ4v) is 4.87. The highest BCUT2D eigenvalue weighted by atomic mass is 32.2. The molecule has 6 heteroatoms. The summed E-state index contributed by atoms with van der Waals surface area (Å²) in [5.74, 6) is 1.14. The number of rotatable bonds is 6. The molecular weight excluding hydrogens is 268 g/mol. The average Bonchev–Trinajstić information content (AvgIpc) is 3.24. The Morgan fingerprint density at radius 3 is 2.39 bits per heavy atom. The molecule has 100 valence electrons. The maximum atomic E-state index is 12.3. The molecule has 3 rings (SSSR count). The molecule has 0 amide bonds. The van der Waals surface area contributed by atoms with Gasteiger partial charge in [-0.15, -0.1) is 11.3 Å². The zero-order valence-corrected chi connectivity index (χ0v) is 11.8. The maximum Gasteiger partial charge on any atom is 0.241 e. The predicted octanol–water partition coefficient (Wildman–Crippen LogP) is 1.67. The molecule has 18 heavy (non-hydrogen) atoms. The summed E-state index contributed by atoms with van der Waals surface area (Å²) >= 11 is 1.41. The van der Waals surface area contributed by atoms with Gasteiger partial charge >= 0.3 is 0 Å². The summed E-state index contributed by atoms with van der Waals surface area (Å²) in [7, 11) is -3.35. The topological polar surface area (TPSA) is 72.2 Å². The van der Waals surface area contributed by atoms with Crippen LogP contribution in [0.2, 0.25) is 0 Å². The first-order valence-corrected chi connectivity index (χ1v) is 8.76. The molecule has 2 fully saturated rings. The van der Waals surface area contributed by atoms with Crippen LogP contribution in [0.25, 0.3) is 0 Å². The zero-order valence-electron chi connectivity index (χ0n) is 10.1. The molecule has 0 spiro atoms. The summed E-state index contributed by atoms with van der Waals surface area (Å²) in [6.45, 7) is 0.398. The van der Waals surface area contributed by atoms with Gasteiger partial charge in [-0.25, -0.2) is 13.1 Å². The predicted molar refractivity (Wildman–Crippen MR) is 71.8 cm³/mol. The Bertz CT molecular complexity index is 518. The first kappa shape index (κ1) is 12.6. The molecule has 1 heterocycles. The fourth-order valence-electron chi connectivity index (χ4n) is 2.34. The standard InChI is InChI=1S/C12H18N2O2S2/c13-6-10-5-11(7-17-10)18(15,16)14-12(8-1-2-8)9-3-4-9/h5,7-9,12,14H,1-4,6,13H2. The van der Waals surface area contributed by atoms with E-state index in [0.29, 0.717) is 23.3 Å². The minimum atomic E-state index is -3.35. The Morgan fingerprint density at radius 1 is 1.33 bits per heavy atom. The van der Waals surface area contributed by atoms with Crippen LogP contribution in [0.15, 0.2) is 16.3 Å². The van der Waals surface area contributed by atoms with Crippen LogP contribution in [0.4, 0.5) is 0 Å². The third-order valence-corrected chi connectivity index (χ3v) is 6.24. The van der Waals surface area contributed by atoms with Crippen LogP contribution < -0.4 is 10.5 Å². The van der Waals surface area contributed by atoms with Crippen molar-refractivity contribution in [3.05, 3.63) is 16.3 Å². The molecule has 0 aliphatic heterocycles. The molecule has 0 bridgehead atoms. The van der Waals surface area contributed by atoms with Gasteiger partial charge in [0, 0.05) is 22.8 Å². The largest absolute Gasteiger partial charge is 0.326 e. The maximum absolute atomic E-state index is 12.3. The fraction of sp³-hybridized carbons (Fsp3) is 0.667. The highest BCUT2D eigenvalue weighted by Gasteiger charge is 2.43. The van der Waals surface area contributed by atoms with Crippen molar-refractivity contribution in [2.75, 3.05) is 0 Å². The van der Waals surface area contributed by atoms with Crippen molar-refractivity contribution in [3.8, 4) is 0 Å². The van der Waals surface area contributed by atoms with Crippen molar-refractivity contribution in [3.63, 3.8) is 0 Å². The van der Waals surface area contributed by atoms with E-state index in [1.165, 1.54) is 37.0 Å². The minimum Gasteiger partial charge on any atom is -0.326 e. The molecule has 4 nitrogen and oxygen atoms in total. The lowest BCUT2D eigenvalue weighted by Crippen LogP contribution is -2.37. The Kier molecular flexibility index (Phi) is 3.21. The van der Waals surface area contributed by atoms with Gasteiger partial charge in [-0.3, -0.25) is 0 Å². The van der Waals surface area contributed by atoms with Gasteiger partial charge in [0.15, 0.2) is 0 Å². The monoisotopic (exact) mass is 286 g/mol. The summed E-state index contributed by atoms with van der Waals surface area (Å²) in [5, 5.41) is 1.68. The van der Waals surface area contributed by atoms with Gasteiger partial charge in [-0.05, 0) is 43.6 Å². The van der Waals surface area contributed by atoms with Crippen LogP contribution in [0.5, 0.6) is 0 Å². The molecule has 0 aromatic carbocycles. The normalized spacial score (nSPS) is 20.6. The second-order valence-corrected chi connectivity index (χ2v) is 7.98. The number of thiophene rings is 1. The summed E-state index contributed by atoms with van der Waals surface area (Å²) in [6, 6.07) is 1.85. The van der Waals surface area contributed by atoms with Crippen LogP contribution in [-0.2, 0) is 16.6 Å². The summed E-state index contributed by atoms with van der Waals surface area (Å²) in [5.41, 5.74) is 5.52. The van der Waals surface area contributed by atoms with Crippen molar-refractivity contribution in [2.24, 2.45) is 17.6 Å². The Hall–Kier alpha value is -0.430. The second-order valence-electron chi connectivity index (χ2n) is 5.27. The van der Waals surface area contributed by atoms with Crippen molar-refractivity contribution in [1.82, 2.24) is 4.72 Å². The lowest BCUT2D eigenvalue weighted by molar-refractivity contribution is 0.471. The van der Waals surface area contributed by atoms with Gasteiger partial charge in [-0.1, -0.05) is 0 Å². The number of sulfonamides is 1. The molecule has 0 radical (unpaired) electrons. The molecule has 3 N–H and O–H groups in total. The van der Waals surface area contributed by atoms with E-state index in [1.807, 2.05) is 0 Å². The third kappa shape index (κ3) is 2.61. The second kappa shape index (κ2) is 4.59. The third-order valence-electron chi connectivity index (χ3n) is 3.69. The van der Waals surface area contributed by atoms with Gasteiger partial charge in [0.1, 0.15) is 0 Å². The van der Waals surface area contributed by atoms with Gasteiger partial charge in [0.2, 0.25) is 10.0 Å².